The number of ether oxygens (including phenoxy) is 2. The normalized spacial score (nSPS) is 10.0. The van der Waals surface area contributed by atoms with Gasteiger partial charge in [0, 0.05) is 4.47 Å². The summed E-state index contributed by atoms with van der Waals surface area (Å²) in [6.45, 7) is 0. The summed E-state index contributed by atoms with van der Waals surface area (Å²) < 4.78 is 11.7. The average molecular weight is 321 g/mol. The van der Waals surface area contributed by atoms with Crippen LogP contribution in [0.2, 0.25) is 0 Å². The molecule has 19 heavy (non-hydrogen) atoms. The molecule has 0 aliphatic heterocycles. The van der Waals surface area contributed by atoms with Crippen LogP contribution < -0.4 is 15.2 Å². The van der Waals surface area contributed by atoms with E-state index in [1.165, 1.54) is 0 Å². The van der Waals surface area contributed by atoms with Crippen LogP contribution in [-0.4, -0.2) is 12.9 Å². The summed E-state index contributed by atoms with van der Waals surface area (Å²) in [5, 5.41) is 7.56. The molecular formula is C14H13BrN2O2. The SMILES string of the molecule is COc1ccc(Oc2ccc(Br)cc2C(=N)N)cc1. The average Bonchev–Trinajstić information content (AvgIpc) is 2.41. The number of benzene rings is 2. The molecule has 0 bridgehead atoms. The molecule has 3 N–H and O–H groups in total. The minimum absolute atomic E-state index is 0.0372. The number of hydrogen-bond acceptors (Lipinski definition) is 3. The van der Waals surface area contributed by atoms with E-state index in [2.05, 4.69) is 15.9 Å². The lowest BCUT2D eigenvalue weighted by Crippen LogP contribution is -2.12. The van der Waals surface area contributed by atoms with Crippen molar-refractivity contribution in [3.05, 3.63) is 52.5 Å². The summed E-state index contributed by atoms with van der Waals surface area (Å²) in [6.07, 6.45) is 0. The Kier molecular flexibility index (Phi) is 4.06. The summed E-state index contributed by atoms with van der Waals surface area (Å²) in [7, 11) is 1.61. The number of rotatable bonds is 4. The number of nitrogens with one attached hydrogen (secondary N) is 1. The highest BCUT2D eigenvalue weighted by molar-refractivity contribution is 9.10. The highest BCUT2D eigenvalue weighted by Crippen LogP contribution is 2.28. The molecule has 0 radical (unpaired) electrons. The van der Waals surface area contributed by atoms with Crippen molar-refractivity contribution in [2.75, 3.05) is 7.11 Å². The van der Waals surface area contributed by atoms with Gasteiger partial charge >= 0.3 is 0 Å². The van der Waals surface area contributed by atoms with Gasteiger partial charge < -0.3 is 15.2 Å². The van der Waals surface area contributed by atoms with Gasteiger partial charge in [0.05, 0.1) is 12.7 Å². The van der Waals surface area contributed by atoms with E-state index in [1.807, 2.05) is 18.2 Å². The fourth-order valence-corrected chi connectivity index (χ4v) is 1.93. The van der Waals surface area contributed by atoms with E-state index < -0.39 is 0 Å². The smallest absolute Gasteiger partial charge is 0.138 e. The first-order valence-corrected chi connectivity index (χ1v) is 6.35. The van der Waals surface area contributed by atoms with E-state index in [9.17, 15) is 0 Å². The predicted octanol–water partition coefficient (Wildman–Crippen LogP) is 3.53. The third-order valence-corrected chi connectivity index (χ3v) is 3.01. The summed E-state index contributed by atoms with van der Waals surface area (Å²) in [5.74, 6) is 1.92. The quantitative estimate of drug-likeness (QED) is 0.668. The zero-order valence-electron chi connectivity index (χ0n) is 10.3. The van der Waals surface area contributed by atoms with Crippen LogP contribution in [0.15, 0.2) is 46.9 Å². The summed E-state index contributed by atoms with van der Waals surface area (Å²) >= 11 is 3.34. The third-order valence-electron chi connectivity index (χ3n) is 2.52. The standard InChI is InChI=1S/C14H13BrN2O2/c1-18-10-3-5-11(6-4-10)19-13-7-2-9(15)8-12(13)14(16)17/h2-8H,1H3,(H3,16,17). The zero-order valence-corrected chi connectivity index (χ0v) is 11.9. The van der Waals surface area contributed by atoms with Gasteiger partial charge in [0.15, 0.2) is 0 Å². The molecule has 0 spiro atoms. The largest absolute Gasteiger partial charge is 0.497 e. The van der Waals surface area contributed by atoms with Crippen LogP contribution in [0, 0.1) is 5.41 Å². The second-order valence-electron chi connectivity index (χ2n) is 3.83. The van der Waals surface area contributed by atoms with Crippen LogP contribution in [-0.2, 0) is 0 Å². The van der Waals surface area contributed by atoms with Crippen LogP contribution >= 0.6 is 15.9 Å². The minimum atomic E-state index is -0.0372. The molecule has 0 saturated heterocycles. The summed E-state index contributed by atoms with van der Waals surface area (Å²) in [6, 6.07) is 12.6. The van der Waals surface area contributed by atoms with Gasteiger partial charge in [-0.25, -0.2) is 0 Å². The van der Waals surface area contributed by atoms with E-state index >= 15 is 0 Å². The number of nitrogen functional groups attached to an aromatic ring is 1. The second kappa shape index (κ2) is 5.75. The van der Waals surface area contributed by atoms with Crippen LogP contribution in [0.1, 0.15) is 5.56 Å². The molecule has 2 aromatic carbocycles. The van der Waals surface area contributed by atoms with E-state index in [0.29, 0.717) is 17.1 Å². The maximum atomic E-state index is 7.56. The molecule has 2 rings (SSSR count). The lowest BCUT2D eigenvalue weighted by Gasteiger charge is -2.11. The maximum Gasteiger partial charge on any atom is 0.138 e. The van der Waals surface area contributed by atoms with Crippen LogP contribution in [0.25, 0.3) is 0 Å². The van der Waals surface area contributed by atoms with E-state index in [4.69, 9.17) is 20.6 Å². The Bertz CT molecular complexity index is 597. The molecule has 0 atom stereocenters. The van der Waals surface area contributed by atoms with E-state index in [1.54, 1.807) is 31.4 Å². The van der Waals surface area contributed by atoms with Gasteiger partial charge in [-0.3, -0.25) is 5.41 Å². The van der Waals surface area contributed by atoms with E-state index in [-0.39, 0.29) is 5.84 Å². The summed E-state index contributed by atoms with van der Waals surface area (Å²) in [5.41, 5.74) is 6.09. The molecule has 5 heteroatoms. The number of nitrogens with two attached hydrogens (primary N) is 1. The van der Waals surface area contributed by atoms with Gasteiger partial charge in [0.1, 0.15) is 23.1 Å². The molecule has 0 unspecified atom stereocenters. The first kappa shape index (κ1) is 13.4. The molecule has 0 fully saturated rings. The first-order valence-electron chi connectivity index (χ1n) is 5.56. The lowest BCUT2D eigenvalue weighted by molar-refractivity contribution is 0.413. The number of methoxy groups -OCH3 is 1. The molecule has 0 amide bonds. The lowest BCUT2D eigenvalue weighted by atomic mass is 10.2. The number of hydrogen-bond donors (Lipinski definition) is 2. The predicted molar refractivity (Wildman–Crippen MR) is 78.2 cm³/mol. The Labute approximate surface area is 119 Å². The monoisotopic (exact) mass is 320 g/mol. The topological polar surface area (TPSA) is 68.3 Å². The van der Waals surface area contributed by atoms with Crippen molar-refractivity contribution in [1.29, 1.82) is 5.41 Å². The zero-order chi connectivity index (χ0) is 13.8. The molecule has 0 saturated carbocycles. The van der Waals surface area contributed by atoms with Crippen molar-refractivity contribution in [2.24, 2.45) is 5.73 Å². The molecule has 0 aliphatic rings. The molecule has 0 aromatic heterocycles. The summed E-state index contributed by atoms with van der Waals surface area (Å²) in [4.78, 5) is 0. The van der Waals surface area contributed by atoms with Gasteiger partial charge in [0.2, 0.25) is 0 Å². The van der Waals surface area contributed by atoms with E-state index in [0.717, 1.165) is 10.2 Å². The van der Waals surface area contributed by atoms with Gasteiger partial charge in [-0.05, 0) is 42.5 Å². The number of amidine groups is 1. The molecule has 2 aromatic rings. The highest BCUT2D eigenvalue weighted by atomic mass is 79.9. The second-order valence-corrected chi connectivity index (χ2v) is 4.75. The Balaban J connectivity index is 2.29. The van der Waals surface area contributed by atoms with Crippen molar-refractivity contribution < 1.29 is 9.47 Å². The van der Waals surface area contributed by atoms with Crippen LogP contribution in [0.4, 0.5) is 0 Å². The van der Waals surface area contributed by atoms with Gasteiger partial charge in [-0.15, -0.1) is 0 Å². The molecule has 0 aliphatic carbocycles. The highest BCUT2D eigenvalue weighted by Gasteiger charge is 2.08. The van der Waals surface area contributed by atoms with Gasteiger partial charge in [0.25, 0.3) is 0 Å². The Hall–Kier alpha value is -2.01. The Morgan fingerprint density at radius 3 is 2.32 bits per heavy atom. The maximum absolute atomic E-state index is 7.56. The first-order chi connectivity index (χ1) is 9.10. The molecule has 98 valence electrons. The van der Waals surface area contributed by atoms with Crippen LogP contribution in [0.5, 0.6) is 17.2 Å². The van der Waals surface area contributed by atoms with Gasteiger partial charge in [-0.2, -0.15) is 0 Å². The number of halogens is 1. The van der Waals surface area contributed by atoms with Crippen molar-refractivity contribution in [1.82, 2.24) is 0 Å². The fraction of sp³-hybridized carbons (Fsp3) is 0.0714. The molecular weight excluding hydrogens is 308 g/mol. The Morgan fingerprint density at radius 2 is 1.74 bits per heavy atom. The van der Waals surface area contributed by atoms with Crippen molar-refractivity contribution >= 4 is 21.8 Å². The van der Waals surface area contributed by atoms with Crippen molar-refractivity contribution in [3.8, 4) is 17.2 Å². The van der Waals surface area contributed by atoms with Gasteiger partial charge in [-0.1, -0.05) is 15.9 Å². The minimum Gasteiger partial charge on any atom is -0.497 e. The molecule has 0 heterocycles. The molecule has 4 nitrogen and oxygen atoms in total. The fourth-order valence-electron chi connectivity index (χ4n) is 1.57. The van der Waals surface area contributed by atoms with Crippen molar-refractivity contribution in [2.45, 2.75) is 0 Å². The van der Waals surface area contributed by atoms with Crippen LogP contribution in [0.3, 0.4) is 0 Å². The van der Waals surface area contributed by atoms with Crippen molar-refractivity contribution in [3.63, 3.8) is 0 Å². The third kappa shape index (κ3) is 3.26. The Morgan fingerprint density at radius 1 is 1.11 bits per heavy atom.